The van der Waals surface area contributed by atoms with Gasteiger partial charge in [0, 0.05) is 12.1 Å². The molecular formula is C26H37N3O5S. The van der Waals surface area contributed by atoms with Crippen LogP contribution in [0.1, 0.15) is 45.2 Å². The van der Waals surface area contributed by atoms with E-state index in [0.717, 1.165) is 21.7 Å². The number of aryl methyl sites for hydroxylation is 1. The molecule has 9 heteroatoms. The molecule has 2 amide bonds. The van der Waals surface area contributed by atoms with E-state index < -0.39 is 34.1 Å². The maximum absolute atomic E-state index is 13.7. The lowest BCUT2D eigenvalue weighted by Crippen LogP contribution is -2.55. The number of carbonyl (C=O) groups is 2. The highest BCUT2D eigenvalue weighted by Crippen LogP contribution is 2.23. The number of sulfonamides is 1. The summed E-state index contributed by atoms with van der Waals surface area (Å²) in [7, 11) is -2.19. The van der Waals surface area contributed by atoms with Crippen LogP contribution in [0.3, 0.4) is 0 Å². The van der Waals surface area contributed by atoms with E-state index in [2.05, 4.69) is 5.32 Å². The molecule has 0 saturated heterocycles. The predicted molar refractivity (Wildman–Crippen MR) is 139 cm³/mol. The van der Waals surface area contributed by atoms with Crippen LogP contribution in [0.25, 0.3) is 0 Å². The molecule has 2 aromatic carbocycles. The van der Waals surface area contributed by atoms with Crippen molar-refractivity contribution < 1.29 is 22.7 Å². The van der Waals surface area contributed by atoms with Crippen LogP contribution in [0.15, 0.2) is 48.5 Å². The van der Waals surface area contributed by atoms with Gasteiger partial charge in [-0.1, -0.05) is 37.3 Å². The second kappa shape index (κ2) is 11.6. The zero-order valence-corrected chi connectivity index (χ0v) is 22.5. The smallest absolute Gasteiger partial charge is 0.244 e. The van der Waals surface area contributed by atoms with Crippen molar-refractivity contribution >= 4 is 27.5 Å². The molecule has 0 aliphatic rings. The number of hydrogen-bond donors (Lipinski definition) is 1. The molecule has 1 atom stereocenters. The number of anilines is 1. The molecule has 0 aliphatic carbocycles. The monoisotopic (exact) mass is 503 g/mol. The number of rotatable bonds is 10. The van der Waals surface area contributed by atoms with Crippen molar-refractivity contribution in [1.82, 2.24) is 10.2 Å². The molecule has 8 nitrogen and oxygen atoms in total. The summed E-state index contributed by atoms with van der Waals surface area (Å²) < 4.78 is 31.7. The molecule has 0 saturated carbocycles. The third-order valence-corrected chi connectivity index (χ3v) is 6.59. The number of hydrogen-bond acceptors (Lipinski definition) is 5. The fourth-order valence-electron chi connectivity index (χ4n) is 3.74. The van der Waals surface area contributed by atoms with E-state index >= 15 is 0 Å². The standard InChI is InChI=1S/C26H37N3O5S/c1-8-22(25(31)27-26(3,4)5)28(17-20-13-15-21(34-6)16-14-20)24(30)18-29(35(7,32)33)23-12-10-9-11-19(23)2/h9-16,22H,8,17-18H2,1-7H3,(H,27,31)/t22-/m1/s1. The average Bonchev–Trinajstić information content (AvgIpc) is 2.76. The van der Waals surface area contributed by atoms with E-state index in [4.69, 9.17) is 4.74 Å². The summed E-state index contributed by atoms with van der Waals surface area (Å²) in [5.41, 5.74) is 1.46. The lowest BCUT2D eigenvalue weighted by atomic mass is 10.1. The maximum Gasteiger partial charge on any atom is 0.244 e. The Kier molecular flexibility index (Phi) is 9.31. The number of methoxy groups -OCH3 is 1. The average molecular weight is 504 g/mol. The normalized spacial score (nSPS) is 12.5. The van der Waals surface area contributed by atoms with Crippen LogP contribution in [0, 0.1) is 6.92 Å². The SMILES string of the molecule is CC[C@H](C(=O)NC(C)(C)C)N(Cc1ccc(OC)cc1)C(=O)CN(c1ccccc1C)S(C)(=O)=O. The molecule has 0 aliphatic heterocycles. The fraction of sp³-hybridized carbons (Fsp3) is 0.462. The molecule has 1 N–H and O–H groups in total. The molecule has 0 radical (unpaired) electrons. The lowest BCUT2D eigenvalue weighted by Gasteiger charge is -2.34. The second-order valence-electron chi connectivity index (χ2n) is 9.59. The summed E-state index contributed by atoms with van der Waals surface area (Å²) in [5, 5.41) is 2.95. The molecule has 0 heterocycles. The summed E-state index contributed by atoms with van der Waals surface area (Å²) in [6.07, 6.45) is 1.44. The van der Waals surface area contributed by atoms with Crippen LogP contribution in [0.5, 0.6) is 5.75 Å². The van der Waals surface area contributed by atoms with E-state index in [9.17, 15) is 18.0 Å². The van der Waals surface area contributed by atoms with Crippen molar-refractivity contribution in [2.45, 2.75) is 59.2 Å². The summed E-state index contributed by atoms with van der Waals surface area (Å²) in [6.45, 7) is 8.96. The van der Waals surface area contributed by atoms with E-state index in [1.54, 1.807) is 50.4 Å². The van der Waals surface area contributed by atoms with Crippen molar-refractivity contribution in [3.8, 4) is 5.75 Å². The van der Waals surface area contributed by atoms with Gasteiger partial charge in [0.25, 0.3) is 0 Å². The van der Waals surface area contributed by atoms with Crippen molar-refractivity contribution in [3.63, 3.8) is 0 Å². The second-order valence-corrected chi connectivity index (χ2v) is 11.5. The van der Waals surface area contributed by atoms with Gasteiger partial charge in [-0.25, -0.2) is 8.42 Å². The first-order chi connectivity index (χ1) is 16.3. The number of benzene rings is 2. The Hall–Kier alpha value is -3.07. The minimum Gasteiger partial charge on any atom is -0.497 e. The number of para-hydroxylation sites is 1. The number of carbonyl (C=O) groups excluding carboxylic acids is 2. The molecule has 0 unspecified atom stereocenters. The van der Waals surface area contributed by atoms with Gasteiger partial charge in [0.2, 0.25) is 21.8 Å². The van der Waals surface area contributed by atoms with Gasteiger partial charge < -0.3 is 15.0 Å². The number of nitrogens with zero attached hydrogens (tertiary/aromatic N) is 2. The van der Waals surface area contributed by atoms with Crippen molar-refractivity contribution in [3.05, 3.63) is 59.7 Å². The van der Waals surface area contributed by atoms with Crippen molar-refractivity contribution in [1.29, 1.82) is 0 Å². The highest BCUT2D eigenvalue weighted by molar-refractivity contribution is 7.92. The molecule has 0 spiro atoms. The fourth-order valence-corrected chi connectivity index (χ4v) is 4.65. The topological polar surface area (TPSA) is 96.0 Å². The molecule has 0 fully saturated rings. The Morgan fingerprint density at radius 1 is 1.06 bits per heavy atom. The summed E-state index contributed by atoms with van der Waals surface area (Å²) in [6, 6.07) is 13.4. The Morgan fingerprint density at radius 3 is 2.14 bits per heavy atom. The first-order valence-electron chi connectivity index (χ1n) is 11.5. The van der Waals surface area contributed by atoms with Gasteiger partial charge in [-0.3, -0.25) is 13.9 Å². The first-order valence-corrected chi connectivity index (χ1v) is 13.4. The Balaban J connectivity index is 2.46. The lowest BCUT2D eigenvalue weighted by molar-refractivity contribution is -0.141. The van der Waals surface area contributed by atoms with Gasteiger partial charge in [-0.2, -0.15) is 0 Å². The number of ether oxygens (including phenoxy) is 1. The highest BCUT2D eigenvalue weighted by atomic mass is 32.2. The predicted octanol–water partition coefficient (Wildman–Crippen LogP) is 3.49. The van der Waals surface area contributed by atoms with Crippen LogP contribution in [0.2, 0.25) is 0 Å². The minimum atomic E-state index is -3.76. The maximum atomic E-state index is 13.7. The van der Waals surface area contributed by atoms with E-state index in [-0.39, 0.29) is 12.5 Å². The zero-order chi connectivity index (χ0) is 26.4. The van der Waals surface area contributed by atoms with E-state index in [1.807, 2.05) is 39.8 Å². The summed E-state index contributed by atoms with van der Waals surface area (Å²) in [5.74, 6) is -0.0824. The van der Waals surface area contributed by atoms with Gasteiger partial charge in [0.05, 0.1) is 19.1 Å². The van der Waals surface area contributed by atoms with Crippen LogP contribution >= 0.6 is 0 Å². The largest absolute Gasteiger partial charge is 0.497 e. The molecule has 35 heavy (non-hydrogen) atoms. The molecule has 2 aromatic rings. The molecule has 2 rings (SSSR count). The molecular weight excluding hydrogens is 466 g/mol. The van der Waals surface area contributed by atoms with Crippen LogP contribution in [-0.2, 0) is 26.2 Å². The van der Waals surface area contributed by atoms with E-state index in [1.165, 1.54) is 4.90 Å². The number of amides is 2. The van der Waals surface area contributed by atoms with Crippen molar-refractivity contribution in [2.75, 3.05) is 24.2 Å². The van der Waals surface area contributed by atoms with Gasteiger partial charge in [0.15, 0.2) is 0 Å². The first kappa shape index (κ1) is 28.2. The Morgan fingerprint density at radius 2 is 1.66 bits per heavy atom. The summed E-state index contributed by atoms with van der Waals surface area (Å²) in [4.78, 5) is 28.3. The third-order valence-electron chi connectivity index (χ3n) is 5.46. The Bertz CT molecular complexity index is 1120. The third kappa shape index (κ3) is 7.99. The van der Waals surface area contributed by atoms with Gasteiger partial charge in [-0.15, -0.1) is 0 Å². The van der Waals surface area contributed by atoms with Crippen LogP contribution in [-0.4, -0.2) is 56.6 Å². The van der Waals surface area contributed by atoms with Crippen LogP contribution < -0.4 is 14.4 Å². The van der Waals surface area contributed by atoms with Gasteiger partial charge in [-0.05, 0) is 63.4 Å². The quantitative estimate of drug-likeness (QED) is 0.535. The highest BCUT2D eigenvalue weighted by Gasteiger charge is 2.33. The number of nitrogens with one attached hydrogen (secondary N) is 1. The minimum absolute atomic E-state index is 0.143. The van der Waals surface area contributed by atoms with Gasteiger partial charge >= 0.3 is 0 Å². The molecule has 0 aromatic heterocycles. The van der Waals surface area contributed by atoms with E-state index in [0.29, 0.717) is 17.9 Å². The molecule has 192 valence electrons. The van der Waals surface area contributed by atoms with Gasteiger partial charge in [0.1, 0.15) is 18.3 Å². The van der Waals surface area contributed by atoms with Crippen molar-refractivity contribution in [2.24, 2.45) is 0 Å². The summed E-state index contributed by atoms with van der Waals surface area (Å²) >= 11 is 0. The molecule has 0 bridgehead atoms. The van der Waals surface area contributed by atoms with Crippen LogP contribution in [0.4, 0.5) is 5.69 Å². The zero-order valence-electron chi connectivity index (χ0n) is 21.7. The Labute approximate surface area is 209 Å².